The van der Waals surface area contributed by atoms with E-state index >= 15 is 0 Å². The number of benzene rings is 3. The first kappa shape index (κ1) is 23.0. The number of ether oxygens (including phenoxy) is 1. The van der Waals surface area contributed by atoms with Crippen LogP contribution in [0.2, 0.25) is 0 Å². The molecule has 0 atom stereocenters. The second-order valence-corrected chi connectivity index (χ2v) is 8.08. The molecule has 0 fully saturated rings. The van der Waals surface area contributed by atoms with Crippen LogP contribution in [-0.2, 0) is 13.1 Å². The number of anilines is 2. The third kappa shape index (κ3) is 5.60. The maximum atomic E-state index is 12.6. The predicted molar refractivity (Wildman–Crippen MR) is 137 cm³/mol. The second-order valence-electron chi connectivity index (χ2n) is 8.08. The van der Waals surface area contributed by atoms with E-state index in [1.165, 1.54) is 5.56 Å². The van der Waals surface area contributed by atoms with E-state index in [1.54, 1.807) is 31.4 Å². The molecule has 4 aromatic rings. The van der Waals surface area contributed by atoms with Gasteiger partial charge in [0.25, 0.3) is 5.91 Å². The van der Waals surface area contributed by atoms with Crippen molar-refractivity contribution in [2.24, 2.45) is 0 Å². The van der Waals surface area contributed by atoms with Crippen LogP contribution in [0.3, 0.4) is 0 Å². The lowest BCUT2D eigenvalue weighted by atomic mass is 10.0. The molecular weight excluding hydrogens is 424 g/mol. The summed E-state index contributed by atoms with van der Waals surface area (Å²) in [5.41, 5.74) is 12.8. The lowest BCUT2D eigenvalue weighted by Crippen LogP contribution is -2.13. The SMILES string of the molecule is COc1cccc(CNCc2cnc(-c3ccc(C(=O)Nc4ccccc4N)cc3)c(C)c2)c1. The number of carbonyl (C=O) groups excluding carboxylic acids is 1. The van der Waals surface area contributed by atoms with Crippen LogP contribution >= 0.6 is 0 Å². The number of nitrogens with two attached hydrogens (primary N) is 1. The van der Waals surface area contributed by atoms with E-state index in [0.29, 0.717) is 23.5 Å². The molecule has 0 aliphatic carbocycles. The largest absolute Gasteiger partial charge is 0.497 e. The van der Waals surface area contributed by atoms with Crippen molar-refractivity contribution in [1.82, 2.24) is 10.3 Å². The normalized spacial score (nSPS) is 10.6. The molecule has 172 valence electrons. The number of nitrogens with zero attached hydrogens (tertiary/aromatic N) is 1. The maximum Gasteiger partial charge on any atom is 0.255 e. The molecule has 0 bridgehead atoms. The standard InChI is InChI=1S/C28H28N4O2/c1-19-14-21(17-30-16-20-6-5-7-24(15-20)34-2)18-31-27(19)22-10-12-23(13-11-22)28(33)32-26-9-4-3-8-25(26)29/h3-15,18,30H,16-17,29H2,1-2H3,(H,32,33). The van der Waals surface area contributed by atoms with Gasteiger partial charge in [-0.3, -0.25) is 9.78 Å². The zero-order valence-electron chi connectivity index (χ0n) is 19.3. The fraction of sp³-hybridized carbons (Fsp3) is 0.143. The topological polar surface area (TPSA) is 89.3 Å². The van der Waals surface area contributed by atoms with Gasteiger partial charge in [0.1, 0.15) is 5.75 Å². The van der Waals surface area contributed by atoms with Crippen molar-refractivity contribution < 1.29 is 9.53 Å². The van der Waals surface area contributed by atoms with Gasteiger partial charge in [-0.2, -0.15) is 0 Å². The van der Waals surface area contributed by atoms with Crippen molar-refractivity contribution in [3.63, 3.8) is 0 Å². The van der Waals surface area contributed by atoms with E-state index in [9.17, 15) is 4.79 Å². The zero-order valence-corrected chi connectivity index (χ0v) is 19.3. The lowest BCUT2D eigenvalue weighted by molar-refractivity contribution is 0.102. The Morgan fingerprint density at radius 2 is 1.71 bits per heavy atom. The van der Waals surface area contributed by atoms with Crippen molar-refractivity contribution >= 4 is 17.3 Å². The molecular formula is C28H28N4O2. The van der Waals surface area contributed by atoms with Gasteiger partial charge in [-0.25, -0.2) is 0 Å². The minimum absolute atomic E-state index is 0.202. The van der Waals surface area contributed by atoms with Gasteiger partial charge in [-0.05, 0) is 60.0 Å². The quantitative estimate of drug-likeness (QED) is 0.320. The van der Waals surface area contributed by atoms with Crippen molar-refractivity contribution in [3.05, 3.63) is 107 Å². The molecule has 1 heterocycles. The van der Waals surface area contributed by atoms with Gasteiger partial charge in [0.05, 0.1) is 24.2 Å². The molecule has 3 aromatic carbocycles. The Kier molecular flexibility index (Phi) is 7.20. The average molecular weight is 453 g/mol. The van der Waals surface area contributed by atoms with E-state index in [4.69, 9.17) is 10.5 Å². The maximum absolute atomic E-state index is 12.6. The number of aromatic nitrogens is 1. The molecule has 1 amide bonds. The summed E-state index contributed by atoms with van der Waals surface area (Å²) in [6.07, 6.45) is 1.89. The summed E-state index contributed by atoms with van der Waals surface area (Å²) in [6, 6.07) is 24.8. The third-order valence-corrected chi connectivity index (χ3v) is 5.56. The lowest BCUT2D eigenvalue weighted by Gasteiger charge is -2.11. The molecule has 1 aromatic heterocycles. The van der Waals surface area contributed by atoms with Crippen LogP contribution in [0.25, 0.3) is 11.3 Å². The number of aryl methyl sites for hydroxylation is 1. The first-order valence-electron chi connectivity index (χ1n) is 11.1. The number of hydrogen-bond acceptors (Lipinski definition) is 5. The Labute approximate surface area is 199 Å². The van der Waals surface area contributed by atoms with Crippen molar-refractivity contribution in [3.8, 4) is 17.0 Å². The molecule has 6 heteroatoms. The Morgan fingerprint density at radius 3 is 2.44 bits per heavy atom. The van der Waals surface area contributed by atoms with Crippen molar-refractivity contribution in [2.75, 3.05) is 18.2 Å². The Balaban J connectivity index is 1.38. The highest BCUT2D eigenvalue weighted by atomic mass is 16.5. The molecule has 0 unspecified atom stereocenters. The number of hydrogen-bond donors (Lipinski definition) is 3. The molecule has 0 radical (unpaired) electrons. The summed E-state index contributed by atoms with van der Waals surface area (Å²) in [7, 11) is 1.67. The highest BCUT2D eigenvalue weighted by molar-refractivity contribution is 6.05. The van der Waals surface area contributed by atoms with Gasteiger partial charge in [0, 0.05) is 30.4 Å². The molecule has 0 saturated heterocycles. The first-order chi connectivity index (χ1) is 16.5. The number of nitrogen functional groups attached to an aromatic ring is 1. The van der Waals surface area contributed by atoms with Gasteiger partial charge >= 0.3 is 0 Å². The number of pyridine rings is 1. The van der Waals surface area contributed by atoms with Crippen LogP contribution in [0.1, 0.15) is 27.0 Å². The Morgan fingerprint density at radius 1 is 0.941 bits per heavy atom. The summed E-state index contributed by atoms with van der Waals surface area (Å²) >= 11 is 0. The van der Waals surface area contributed by atoms with E-state index in [1.807, 2.05) is 55.6 Å². The third-order valence-electron chi connectivity index (χ3n) is 5.56. The van der Waals surface area contributed by atoms with Crippen LogP contribution in [0.4, 0.5) is 11.4 Å². The number of rotatable bonds is 8. The average Bonchev–Trinajstić information content (AvgIpc) is 2.86. The van der Waals surface area contributed by atoms with Crippen LogP contribution < -0.4 is 21.1 Å². The van der Waals surface area contributed by atoms with Gasteiger partial charge in [-0.1, -0.05) is 42.5 Å². The Hall–Kier alpha value is -4.16. The smallest absolute Gasteiger partial charge is 0.255 e. The van der Waals surface area contributed by atoms with E-state index in [0.717, 1.165) is 34.7 Å². The fourth-order valence-electron chi connectivity index (χ4n) is 3.75. The molecule has 4 N–H and O–H groups in total. The molecule has 0 spiro atoms. The number of amides is 1. The fourth-order valence-corrected chi connectivity index (χ4v) is 3.75. The molecule has 0 aliphatic heterocycles. The van der Waals surface area contributed by atoms with Gasteiger partial charge in [0.2, 0.25) is 0 Å². The molecule has 6 nitrogen and oxygen atoms in total. The zero-order chi connectivity index (χ0) is 23.9. The van der Waals surface area contributed by atoms with Gasteiger partial charge in [0.15, 0.2) is 0 Å². The summed E-state index contributed by atoms with van der Waals surface area (Å²) in [4.78, 5) is 17.2. The highest BCUT2D eigenvalue weighted by Gasteiger charge is 2.10. The first-order valence-corrected chi connectivity index (χ1v) is 11.1. The summed E-state index contributed by atoms with van der Waals surface area (Å²) in [5, 5.41) is 6.30. The van der Waals surface area contributed by atoms with Crippen molar-refractivity contribution in [2.45, 2.75) is 20.0 Å². The predicted octanol–water partition coefficient (Wildman–Crippen LogP) is 5.19. The van der Waals surface area contributed by atoms with Gasteiger partial charge < -0.3 is 21.1 Å². The minimum Gasteiger partial charge on any atom is -0.497 e. The monoisotopic (exact) mass is 452 g/mol. The molecule has 4 rings (SSSR count). The molecule has 0 aliphatic rings. The number of para-hydroxylation sites is 2. The van der Waals surface area contributed by atoms with Crippen LogP contribution in [0.15, 0.2) is 85.1 Å². The van der Waals surface area contributed by atoms with Crippen LogP contribution in [0.5, 0.6) is 5.75 Å². The molecule has 34 heavy (non-hydrogen) atoms. The Bertz CT molecular complexity index is 1290. The second kappa shape index (κ2) is 10.6. The minimum atomic E-state index is -0.202. The van der Waals surface area contributed by atoms with Gasteiger partial charge in [-0.15, -0.1) is 0 Å². The van der Waals surface area contributed by atoms with E-state index in [-0.39, 0.29) is 5.91 Å². The van der Waals surface area contributed by atoms with Crippen LogP contribution in [-0.4, -0.2) is 18.0 Å². The van der Waals surface area contributed by atoms with E-state index < -0.39 is 0 Å². The summed E-state index contributed by atoms with van der Waals surface area (Å²) in [6.45, 7) is 3.51. The molecule has 0 saturated carbocycles. The number of nitrogens with one attached hydrogen (secondary N) is 2. The summed E-state index contributed by atoms with van der Waals surface area (Å²) in [5.74, 6) is 0.653. The van der Waals surface area contributed by atoms with Crippen LogP contribution in [0, 0.1) is 6.92 Å². The van der Waals surface area contributed by atoms with E-state index in [2.05, 4.69) is 27.8 Å². The number of carbonyl (C=O) groups is 1. The highest BCUT2D eigenvalue weighted by Crippen LogP contribution is 2.23. The number of methoxy groups -OCH3 is 1. The summed E-state index contributed by atoms with van der Waals surface area (Å²) < 4.78 is 5.28. The van der Waals surface area contributed by atoms with Crippen molar-refractivity contribution in [1.29, 1.82) is 0 Å².